The van der Waals surface area contributed by atoms with Crippen LogP contribution >= 0.6 is 0 Å². The zero-order valence-electron chi connectivity index (χ0n) is 12.0. The highest BCUT2D eigenvalue weighted by molar-refractivity contribution is 5.69. The third-order valence-corrected chi connectivity index (χ3v) is 2.79. The summed E-state index contributed by atoms with van der Waals surface area (Å²) in [5, 5.41) is 0. The van der Waals surface area contributed by atoms with Crippen molar-refractivity contribution in [1.82, 2.24) is 4.90 Å². The molecule has 0 fully saturated rings. The fourth-order valence-corrected chi connectivity index (χ4v) is 2.02. The number of hydrogen-bond donors (Lipinski definition) is 0. The molecule has 2 rings (SSSR count). The first kappa shape index (κ1) is 15.5. The molecule has 0 atom stereocenters. The molecule has 0 saturated heterocycles. The van der Waals surface area contributed by atoms with E-state index >= 15 is 0 Å². The summed E-state index contributed by atoms with van der Waals surface area (Å²) in [7, 11) is 0. The maximum Gasteiger partial charge on any atom is 0.573 e. The van der Waals surface area contributed by atoms with E-state index in [0.717, 1.165) is 5.56 Å². The maximum absolute atomic E-state index is 12.2. The summed E-state index contributed by atoms with van der Waals surface area (Å²) in [6, 6.07) is 4.07. The lowest BCUT2D eigenvalue weighted by Gasteiger charge is -2.24. The van der Waals surface area contributed by atoms with Crippen molar-refractivity contribution in [2.24, 2.45) is 0 Å². The number of carbonyl (C=O) groups is 1. The van der Waals surface area contributed by atoms with Gasteiger partial charge in [0.15, 0.2) is 0 Å². The third-order valence-electron chi connectivity index (χ3n) is 2.79. The Morgan fingerprint density at radius 1 is 1.14 bits per heavy atom. The zero-order valence-corrected chi connectivity index (χ0v) is 12.0. The van der Waals surface area contributed by atoms with Crippen LogP contribution in [-0.2, 0) is 17.8 Å². The molecule has 0 saturated carbocycles. The molecule has 1 aromatic rings. The molecule has 7 heteroatoms. The monoisotopic (exact) mass is 303 g/mol. The minimum Gasteiger partial charge on any atom is -0.444 e. The standard InChI is InChI=1S/C14H16F3NO3/c1-13(2,3)21-12(19)18-7-9-4-5-11(6-10(9)8-18)20-14(15,16)17/h4-6H,7-8H2,1-3H3. The van der Waals surface area contributed by atoms with Crippen molar-refractivity contribution in [3.63, 3.8) is 0 Å². The first-order valence-electron chi connectivity index (χ1n) is 6.39. The van der Waals surface area contributed by atoms with Crippen molar-refractivity contribution >= 4 is 6.09 Å². The van der Waals surface area contributed by atoms with Crippen LogP contribution in [0.25, 0.3) is 0 Å². The van der Waals surface area contributed by atoms with Gasteiger partial charge in [-0.05, 0) is 44.0 Å². The van der Waals surface area contributed by atoms with Gasteiger partial charge in [0.2, 0.25) is 0 Å². The number of rotatable bonds is 1. The van der Waals surface area contributed by atoms with Crippen molar-refractivity contribution in [3.05, 3.63) is 29.3 Å². The fraction of sp³-hybridized carbons (Fsp3) is 0.500. The molecule has 1 aliphatic heterocycles. The molecule has 0 spiro atoms. The highest BCUT2D eigenvalue weighted by Gasteiger charge is 2.32. The predicted molar refractivity (Wildman–Crippen MR) is 68.6 cm³/mol. The molecule has 0 aromatic heterocycles. The quantitative estimate of drug-likeness (QED) is 0.791. The van der Waals surface area contributed by atoms with Crippen LogP contribution in [0.5, 0.6) is 5.75 Å². The van der Waals surface area contributed by atoms with Crippen molar-refractivity contribution in [3.8, 4) is 5.75 Å². The Kier molecular flexibility index (Phi) is 3.78. The third kappa shape index (κ3) is 4.27. The minimum absolute atomic E-state index is 0.208. The number of fused-ring (bicyclic) bond motifs is 1. The molecule has 1 aromatic carbocycles. The summed E-state index contributed by atoms with van der Waals surface area (Å²) < 4.78 is 45.6. The van der Waals surface area contributed by atoms with Gasteiger partial charge in [-0.3, -0.25) is 4.90 Å². The largest absolute Gasteiger partial charge is 0.573 e. The van der Waals surface area contributed by atoms with Gasteiger partial charge in [0.1, 0.15) is 11.4 Å². The first-order chi connectivity index (χ1) is 9.53. The Labute approximate surface area is 120 Å². The Morgan fingerprint density at radius 2 is 1.76 bits per heavy atom. The molecule has 4 nitrogen and oxygen atoms in total. The van der Waals surface area contributed by atoms with E-state index in [1.807, 2.05) is 0 Å². The highest BCUT2D eigenvalue weighted by atomic mass is 19.4. The average Bonchev–Trinajstić information content (AvgIpc) is 2.67. The van der Waals surface area contributed by atoms with Crippen molar-refractivity contribution in [2.45, 2.75) is 45.8 Å². The van der Waals surface area contributed by atoms with Crippen LogP contribution in [0.2, 0.25) is 0 Å². The summed E-state index contributed by atoms with van der Waals surface area (Å²) in [6.07, 6.45) is -5.21. The summed E-state index contributed by atoms with van der Waals surface area (Å²) >= 11 is 0. The summed E-state index contributed by atoms with van der Waals surface area (Å²) in [6.45, 7) is 5.78. The molecule has 0 radical (unpaired) electrons. The molecule has 1 aliphatic rings. The number of carbonyl (C=O) groups excluding carboxylic acids is 1. The normalized spacial score (nSPS) is 14.9. The number of halogens is 3. The molecule has 1 amide bonds. The highest BCUT2D eigenvalue weighted by Crippen LogP contribution is 2.30. The van der Waals surface area contributed by atoms with Crippen molar-refractivity contribution < 1.29 is 27.4 Å². The first-order valence-corrected chi connectivity index (χ1v) is 6.39. The van der Waals surface area contributed by atoms with Crippen LogP contribution < -0.4 is 4.74 Å². The predicted octanol–water partition coefficient (Wildman–Crippen LogP) is 3.84. The zero-order chi connectivity index (χ0) is 15.8. The van der Waals surface area contributed by atoms with Crippen LogP contribution in [0.15, 0.2) is 18.2 Å². The van der Waals surface area contributed by atoms with Gasteiger partial charge in [-0.2, -0.15) is 0 Å². The van der Waals surface area contributed by atoms with Crippen LogP contribution in [-0.4, -0.2) is 23.0 Å². The van der Waals surface area contributed by atoms with Crippen LogP contribution in [0, 0.1) is 0 Å². The smallest absolute Gasteiger partial charge is 0.444 e. The second-order valence-corrected chi connectivity index (χ2v) is 5.81. The molecular formula is C14H16F3NO3. The topological polar surface area (TPSA) is 38.8 Å². The molecule has 21 heavy (non-hydrogen) atoms. The number of benzene rings is 1. The summed E-state index contributed by atoms with van der Waals surface area (Å²) in [4.78, 5) is 13.4. The van der Waals surface area contributed by atoms with Gasteiger partial charge in [0.25, 0.3) is 0 Å². The van der Waals surface area contributed by atoms with Gasteiger partial charge in [0.05, 0.1) is 0 Å². The second kappa shape index (κ2) is 5.13. The van der Waals surface area contributed by atoms with E-state index in [1.165, 1.54) is 23.1 Å². The van der Waals surface area contributed by atoms with Gasteiger partial charge in [-0.25, -0.2) is 4.79 Å². The van der Waals surface area contributed by atoms with Gasteiger partial charge in [-0.1, -0.05) is 6.07 Å². The van der Waals surface area contributed by atoms with E-state index in [2.05, 4.69) is 4.74 Å². The van der Waals surface area contributed by atoms with Crippen LogP contribution in [0.1, 0.15) is 31.9 Å². The number of alkyl halides is 3. The maximum atomic E-state index is 12.2. The molecule has 0 N–H and O–H groups in total. The molecule has 0 bridgehead atoms. The van der Waals surface area contributed by atoms with E-state index in [-0.39, 0.29) is 12.3 Å². The van der Waals surface area contributed by atoms with E-state index in [4.69, 9.17) is 4.74 Å². The van der Waals surface area contributed by atoms with E-state index in [1.54, 1.807) is 20.8 Å². The number of ether oxygens (including phenoxy) is 2. The summed E-state index contributed by atoms with van der Waals surface area (Å²) in [5.41, 5.74) is 0.800. The molecule has 0 aliphatic carbocycles. The minimum atomic E-state index is -4.72. The van der Waals surface area contributed by atoms with Gasteiger partial charge < -0.3 is 9.47 Å². The summed E-state index contributed by atoms with van der Waals surface area (Å²) in [5.74, 6) is -0.285. The van der Waals surface area contributed by atoms with Gasteiger partial charge in [0, 0.05) is 13.1 Å². The van der Waals surface area contributed by atoms with Crippen molar-refractivity contribution in [2.75, 3.05) is 0 Å². The van der Waals surface area contributed by atoms with E-state index < -0.39 is 18.1 Å². The molecular weight excluding hydrogens is 287 g/mol. The molecule has 0 unspecified atom stereocenters. The van der Waals surface area contributed by atoms with E-state index in [9.17, 15) is 18.0 Å². The fourth-order valence-electron chi connectivity index (χ4n) is 2.02. The number of hydrogen-bond acceptors (Lipinski definition) is 3. The number of nitrogens with zero attached hydrogens (tertiary/aromatic N) is 1. The lowest BCUT2D eigenvalue weighted by atomic mass is 10.1. The van der Waals surface area contributed by atoms with Crippen molar-refractivity contribution in [1.29, 1.82) is 0 Å². The SMILES string of the molecule is CC(C)(C)OC(=O)N1Cc2ccc(OC(F)(F)F)cc2C1. The van der Waals surface area contributed by atoms with Crippen LogP contribution in [0.3, 0.4) is 0 Å². The lowest BCUT2D eigenvalue weighted by Crippen LogP contribution is -2.33. The van der Waals surface area contributed by atoms with Gasteiger partial charge in [-0.15, -0.1) is 13.2 Å². The Bertz CT molecular complexity index is 549. The lowest BCUT2D eigenvalue weighted by molar-refractivity contribution is -0.274. The second-order valence-electron chi connectivity index (χ2n) is 5.81. The Hall–Kier alpha value is -1.92. The Morgan fingerprint density at radius 3 is 2.33 bits per heavy atom. The number of amides is 1. The molecule has 116 valence electrons. The van der Waals surface area contributed by atoms with Gasteiger partial charge >= 0.3 is 12.5 Å². The average molecular weight is 303 g/mol. The molecule has 1 heterocycles. The van der Waals surface area contributed by atoms with E-state index in [0.29, 0.717) is 12.1 Å². The van der Waals surface area contributed by atoms with Crippen LogP contribution in [0.4, 0.5) is 18.0 Å². The Balaban J connectivity index is 2.07.